The molecule has 2 nitrogen and oxygen atoms in total. The number of rotatable bonds is 7. The van der Waals surface area contributed by atoms with E-state index in [-0.39, 0.29) is 0 Å². The first kappa shape index (κ1) is 10.0. The van der Waals surface area contributed by atoms with Gasteiger partial charge < -0.3 is 10.6 Å². The summed E-state index contributed by atoms with van der Waals surface area (Å²) in [5.41, 5.74) is 0. The van der Waals surface area contributed by atoms with E-state index in [1.165, 1.54) is 25.8 Å². The third-order valence-electron chi connectivity index (χ3n) is 2.21. The fourth-order valence-electron chi connectivity index (χ4n) is 1.17. The van der Waals surface area contributed by atoms with Crippen LogP contribution in [0.2, 0.25) is 0 Å². The van der Waals surface area contributed by atoms with E-state index in [1.54, 1.807) is 0 Å². The maximum absolute atomic E-state index is 3.48. The second-order valence-corrected chi connectivity index (χ2v) is 4.16. The van der Waals surface area contributed by atoms with Crippen LogP contribution in [0.15, 0.2) is 0 Å². The summed E-state index contributed by atoms with van der Waals surface area (Å²) >= 11 is 0. The highest BCUT2D eigenvalue weighted by Gasteiger charge is 2.19. The van der Waals surface area contributed by atoms with Crippen LogP contribution < -0.4 is 10.6 Å². The Morgan fingerprint density at radius 3 is 2.50 bits per heavy atom. The Morgan fingerprint density at radius 1 is 1.17 bits per heavy atom. The van der Waals surface area contributed by atoms with E-state index in [1.807, 2.05) is 0 Å². The molecule has 1 fully saturated rings. The van der Waals surface area contributed by atoms with Gasteiger partial charge in [-0.15, -0.1) is 0 Å². The van der Waals surface area contributed by atoms with Crippen molar-refractivity contribution < 1.29 is 0 Å². The lowest BCUT2D eigenvalue weighted by Gasteiger charge is -2.07. The van der Waals surface area contributed by atoms with E-state index in [0.29, 0.717) is 0 Å². The van der Waals surface area contributed by atoms with Crippen LogP contribution in [0.1, 0.15) is 33.1 Å². The summed E-state index contributed by atoms with van der Waals surface area (Å²) < 4.78 is 0. The SMILES string of the molecule is CC(C)CCNCCNC1CC1. The number of hydrogen-bond acceptors (Lipinski definition) is 2. The largest absolute Gasteiger partial charge is 0.315 e. The average molecular weight is 170 g/mol. The highest BCUT2D eigenvalue weighted by Crippen LogP contribution is 2.17. The van der Waals surface area contributed by atoms with Gasteiger partial charge in [-0.2, -0.15) is 0 Å². The van der Waals surface area contributed by atoms with Crippen molar-refractivity contribution in [1.82, 2.24) is 10.6 Å². The van der Waals surface area contributed by atoms with Crippen molar-refractivity contribution in [2.75, 3.05) is 19.6 Å². The smallest absolute Gasteiger partial charge is 0.00793 e. The Kier molecular flexibility index (Phi) is 4.62. The van der Waals surface area contributed by atoms with Crippen LogP contribution in [0, 0.1) is 5.92 Å². The molecular weight excluding hydrogens is 148 g/mol. The molecule has 0 bridgehead atoms. The van der Waals surface area contributed by atoms with Crippen LogP contribution in [-0.2, 0) is 0 Å². The van der Waals surface area contributed by atoms with Crippen LogP contribution in [0.5, 0.6) is 0 Å². The molecule has 0 aromatic rings. The lowest BCUT2D eigenvalue weighted by molar-refractivity contribution is 0.527. The lowest BCUT2D eigenvalue weighted by Crippen LogP contribution is -2.29. The summed E-state index contributed by atoms with van der Waals surface area (Å²) in [4.78, 5) is 0. The average Bonchev–Trinajstić information content (AvgIpc) is 2.79. The Labute approximate surface area is 76.1 Å². The second kappa shape index (κ2) is 5.55. The van der Waals surface area contributed by atoms with Crippen molar-refractivity contribution in [2.45, 2.75) is 39.2 Å². The van der Waals surface area contributed by atoms with Crippen LogP contribution >= 0.6 is 0 Å². The van der Waals surface area contributed by atoms with E-state index >= 15 is 0 Å². The zero-order valence-electron chi connectivity index (χ0n) is 8.40. The fourth-order valence-corrected chi connectivity index (χ4v) is 1.17. The minimum absolute atomic E-state index is 0.828. The first-order valence-corrected chi connectivity index (χ1v) is 5.23. The van der Waals surface area contributed by atoms with Crippen molar-refractivity contribution in [2.24, 2.45) is 5.92 Å². The standard InChI is InChI=1S/C10H22N2/c1-9(2)5-6-11-7-8-12-10-3-4-10/h9-12H,3-8H2,1-2H3. The Balaban J connectivity index is 1.70. The summed E-state index contributed by atoms with van der Waals surface area (Å²) in [7, 11) is 0. The van der Waals surface area contributed by atoms with Gasteiger partial charge in [-0.25, -0.2) is 0 Å². The molecule has 1 aliphatic carbocycles. The van der Waals surface area contributed by atoms with Gasteiger partial charge in [0.05, 0.1) is 0 Å². The van der Waals surface area contributed by atoms with Crippen molar-refractivity contribution in [3.63, 3.8) is 0 Å². The zero-order chi connectivity index (χ0) is 8.81. The van der Waals surface area contributed by atoms with E-state index in [2.05, 4.69) is 24.5 Å². The molecule has 0 amide bonds. The summed E-state index contributed by atoms with van der Waals surface area (Å²) in [6, 6.07) is 0.858. The third-order valence-corrected chi connectivity index (χ3v) is 2.21. The predicted octanol–water partition coefficient (Wildman–Crippen LogP) is 1.37. The number of nitrogens with one attached hydrogen (secondary N) is 2. The molecule has 0 heterocycles. The van der Waals surface area contributed by atoms with Crippen LogP contribution in [0.25, 0.3) is 0 Å². The third kappa shape index (κ3) is 5.56. The molecule has 72 valence electrons. The highest BCUT2D eigenvalue weighted by atomic mass is 15.0. The van der Waals surface area contributed by atoms with Crippen LogP contribution in [0.3, 0.4) is 0 Å². The van der Waals surface area contributed by atoms with Gasteiger partial charge in [0, 0.05) is 19.1 Å². The van der Waals surface area contributed by atoms with Gasteiger partial charge >= 0.3 is 0 Å². The maximum atomic E-state index is 3.48. The topological polar surface area (TPSA) is 24.1 Å². The Hall–Kier alpha value is -0.0800. The molecule has 0 aliphatic heterocycles. The Bertz CT molecular complexity index is 102. The summed E-state index contributed by atoms with van der Waals surface area (Å²) in [5, 5.41) is 6.92. The molecule has 0 radical (unpaired) electrons. The molecule has 12 heavy (non-hydrogen) atoms. The van der Waals surface area contributed by atoms with Crippen LogP contribution in [-0.4, -0.2) is 25.7 Å². The van der Waals surface area contributed by atoms with E-state index < -0.39 is 0 Å². The molecule has 1 saturated carbocycles. The molecule has 0 atom stereocenters. The second-order valence-electron chi connectivity index (χ2n) is 4.16. The van der Waals surface area contributed by atoms with Gasteiger partial charge in [0.25, 0.3) is 0 Å². The lowest BCUT2D eigenvalue weighted by atomic mass is 10.1. The fraction of sp³-hybridized carbons (Fsp3) is 1.00. The quantitative estimate of drug-likeness (QED) is 0.564. The van der Waals surface area contributed by atoms with Gasteiger partial charge in [-0.1, -0.05) is 13.8 Å². The van der Waals surface area contributed by atoms with Gasteiger partial charge in [0.2, 0.25) is 0 Å². The minimum atomic E-state index is 0.828. The molecule has 0 aromatic carbocycles. The molecule has 0 unspecified atom stereocenters. The van der Waals surface area contributed by atoms with E-state index in [4.69, 9.17) is 0 Å². The van der Waals surface area contributed by atoms with Crippen LogP contribution in [0.4, 0.5) is 0 Å². The number of hydrogen-bond donors (Lipinski definition) is 2. The van der Waals surface area contributed by atoms with Gasteiger partial charge in [0.1, 0.15) is 0 Å². The Morgan fingerprint density at radius 2 is 1.92 bits per heavy atom. The first-order chi connectivity index (χ1) is 5.79. The molecule has 0 saturated heterocycles. The van der Waals surface area contributed by atoms with Crippen molar-refractivity contribution in [1.29, 1.82) is 0 Å². The summed E-state index contributed by atoms with van der Waals surface area (Å²) in [5.74, 6) is 0.828. The minimum Gasteiger partial charge on any atom is -0.315 e. The molecule has 0 spiro atoms. The maximum Gasteiger partial charge on any atom is 0.00793 e. The monoisotopic (exact) mass is 170 g/mol. The summed E-state index contributed by atoms with van der Waals surface area (Å²) in [6.07, 6.45) is 4.08. The first-order valence-electron chi connectivity index (χ1n) is 5.23. The molecule has 2 N–H and O–H groups in total. The zero-order valence-corrected chi connectivity index (χ0v) is 8.40. The van der Waals surface area contributed by atoms with Gasteiger partial charge in [-0.3, -0.25) is 0 Å². The van der Waals surface area contributed by atoms with Crippen molar-refractivity contribution in [3.05, 3.63) is 0 Å². The predicted molar refractivity (Wildman–Crippen MR) is 53.3 cm³/mol. The van der Waals surface area contributed by atoms with E-state index in [0.717, 1.165) is 25.0 Å². The summed E-state index contributed by atoms with van der Waals surface area (Å²) in [6.45, 7) is 7.98. The molecule has 1 rings (SSSR count). The van der Waals surface area contributed by atoms with Gasteiger partial charge in [-0.05, 0) is 31.7 Å². The van der Waals surface area contributed by atoms with Gasteiger partial charge in [0.15, 0.2) is 0 Å². The normalized spacial score (nSPS) is 17.2. The van der Waals surface area contributed by atoms with E-state index in [9.17, 15) is 0 Å². The van der Waals surface area contributed by atoms with Crippen molar-refractivity contribution in [3.8, 4) is 0 Å². The van der Waals surface area contributed by atoms with Crippen molar-refractivity contribution >= 4 is 0 Å². The molecule has 1 aliphatic rings. The molecular formula is C10H22N2. The molecule has 2 heteroatoms. The highest BCUT2D eigenvalue weighted by molar-refractivity contribution is 4.80. The molecule has 0 aromatic heterocycles.